The van der Waals surface area contributed by atoms with Crippen molar-refractivity contribution >= 4 is 11.8 Å². The molecule has 128 valence electrons. The van der Waals surface area contributed by atoms with Gasteiger partial charge in [-0.2, -0.15) is 0 Å². The average molecular weight is 320 g/mol. The van der Waals surface area contributed by atoms with Crippen LogP contribution in [0.25, 0.3) is 0 Å². The van der Waals surface area contributed by atoms with Gasteiger partial charge >= 0.3 is 0 Å². The van der Waals surface area contributed by atoms with E-state index in [-0.39, 0.29) is 6.42 Å². The Morgan fingerprint density at radius 3 is 2.32 bits per heavy atom. The lowest BCUT2D eigenvalue weighted by Crippen LogP contribution is -2.64. The smallest absolute Gasteiger partial charge is 0.242 e. The van der Waals surface area contributed by atoms with Crippen LogP contribution in [0.1, 0.15) is 27.2 Å². The summed E-state index contributed by atoms with van der Waals surface area (Å²) < 4.78 is 5.01. The topological polar surface area (TPSA) is 148 Å². The maximum absolute atomic E-state index is 12.0. The van der Waals surface area contributed by atoms with Crippen molar-refractivity contribution < 1.29 is 34.8 Å². The van der Waals surface area contributed by atoms with Crippen molar-refractivity contribution in [2.75, 3.05) is 0 Å². The van der Waals surface area contributed by atoms with Gasteiger partial charge in [0.15, 0.2) is 6.29 Å². The van der Waals surface area contributed by atoms with Crippen molar-refractivity contribution in [2.45, 2.75) is 70.0 Å². The Labute approximate surface area is 128 Å². The van der Waals surface area contributed by atoms with E-state index < -0.39 is 54.6 Å². The minimum Gasteiger partial charge on any atom is -0.393 e. The molecule has 9 heteroatoms. The van der Waals surface area contributed by atoms with Gasteiger partial charge in [0.25, 0.3) is 0 Å². The van der Waals surface area contributed by atoms with Gasteiger partial charge in [0.05, 0.1) is 24.7 Å². The van der Waals surface area contributed by atoms with Crippen LogP contribution in [0.4, 0.5) is 0 Å². The van der Waals surface area contributed by atoms with Crippen LogP contribution in [0, 0.1) is 0 Å². The molecule has 0 bridgehead atoms. The minimum atomic E-state index is -1.54. The number of rotatable bonds is 5. The lowest BCUT2D eigenvalue weighted by Gasteiger charge is -2.40. The molecule has 1 fully saturated rings. The van der Waals surface area contributed by atoms with Gasteiger partial charge in [0.1, 0.15) is 18.2 Å². The highest BCUT2D eigenvalue weighted by atomic mass is 16.6. The molecule has 9 nitrogen and oxygen atoms in total. The molecule has 1 unspecified atom stereocenters. The van der Waals surface area contributed by atoms with Gasteiger partial charge in [-0.3, -0.25) is 9.59 Å². The highest BCUT2D eigenvalue weighted by molar-refractivity contribution is 5.87. The molecule has 1 heterocycles. The summed E-state index contributed by atoms with van der Waals surface area (Å²) in [6.45, 7) is 4.43. The summed E-state index contributed by atoms with van der Waals surface area (Å²) in [7, 11) is 0. The standard InChI is InChI=1S/C13H24N2O7/c1-5(16)4-8(17)14-6(2)12(20)15-9-7(3)22-13(21)11(19)10(9)18/h5-7,9-11,13,16,18-19,21H,4H2,1-3H3,(H,14,17)(H,15,20)/t5-,6+,7-,9-,10+,11-,13?/m1/s1. The maximum atomic E-state index is 12.0. The normalized spacial score (nSPS) is 34.6. The maximum Gasteiger partial charge on any atom is 0.242 e. The van der Waals surface area contributed by atoms with Crippen LogP contribution in [0.5, 0.6) is 0 Å². The van der Waals surface area contributed by atoms with E-state index >= 15 is 0 Å². The first kappa shape index (κ1) is 18.8. The van der Waals surface area contributed by atoms with Gasteiger partial charge in [-0.15, -0.1) is 0 Å². The van der Waals surface area contributed by atoms with Crippen LogP contribution in [0.3, 0.4) is 0 Å². The average Bonchev–Trinajstić information content (AvgIpc) is 2.39. The van der Waals surface area contributed by atoms with Crippen molar-refractivity contribution in [2.24, 2.45) is 0 Å². The lowest BCUT2D eigenvalue weighted by atomic mass is 9.96. The summed E-state index contributed by atoms with van der Waals surface area (Å²) in [5, 5.41) is 42.8. The predicted octanol–water partition coefficient (Wildman–Crippen LogP) is -2.79. The van der Waals surface area contributed by atoms with Crippen molar-refractivity contribution in [3.8, 4) is 0 Å². The summed E-state index contributed by atoms with van der Waals surface area (Å²) in [5.41, 5.74) is 0. The molecule has 0 saturated carbocycles. The molecule has 1 aliphatic rings. The largest absolute Gasteiger partial charge is 0.393 e. The van der Waals surface area contributed by atoms with Crippen LogP contribution in [0.15, 0.2) is 0 Å². The summed E-state index contributed by atoms with van der Waals surface area (Å²) in [6.07, 6.45) is -6.14. The van der Waals surface area contributed by atoms with E-state index in [0.717, 1.165) is 0 Å². The fourth-order valence-electron chi connectivity index (χ4n) is 2.17. The number of aliphatic hydroxyl groups excluding tert-OH is 4. The Morgan fingerprint density at radius 1 is 1.18 bits per heavy atom. The summed E-state index contributed by atoms with van der Waals surface area (Å²) in [5.74, 6) is -1.07. The molecular weight excluding hydrogens is 296 g/mol. The van der Waals surface area contributed by atoms with Gasteiger partial charge in [-0.1, -0.05) is 0 Å². The van der Waals surface area contributed by atoms with Crippen molar-refractivity contribution in [1.29, 1.82) is 0 Å². The summed E-state index contributed by atoms with van der Waals surface area (Å²) in [6, 6.07) is -1.82. The Balaban J connectivity index is 2.57. The minimum absolute atomic E-state index is 0.131. The van der Waals surface area contributed by atoms with Crippen LogP contribution < -0.4 is 10.6 Å². The Hall–Kier alpha value is -1.26. The van der Waals surface area contributed by atoms with Gasteiger partial charge < -0.3 is 35.8 Å². The molecule has 0 aromatic carbocycles. The first-order valence-electron chi connectivity index (χ1n) is 7.11. The number of hydrogen-bond acceptors (Lipinski definition) is 7. The Bertz CT molecular complexity index is 404. The molecule has 0 spiro atoms. The van der Waals surface area contributed by atoms with Crippen LogP contribution in [0.2, 0.25) is 0 Å². The van der Waals surface area contributed by atoms with E-state index in [1.165, 1.54) is 20.8 Å². The molecule has 22 heavy (non-hydrogen) atoms. The molecule has 2 amide bonds. The van der Waals surface area contributed by atoms with Crippen molar-refractivity contribution in [1.82, 2.24) is 10.6 Å². The zero-order valence-electron chi connectivity index (χ0n) is 12.8. The van der Waals surface area contributed by atoms with Crippen LogP contribution in [-0.4, -0.2) is 75.0 Å². The fraction of sp³-hybridized carbons (Fsp3) is 0.846. The monoisotopic (exact) mass is 320 g/mol. The molecule has 1 saturated heterocycles. The Kier molecular flexibility index (Phi) is 6.69. The number of carbonyl (C=O) groups excluding carboxylic acids is 2. The number of aliphatic hydroxyl groups is 4. The highest BCUT2D eigenvalue weighted by Crippen LogP contribution is 2.19. The fourth-order valence-corrected chi connectivity index (χ4v) is 2.17. The number of amides is 2. The van der Waals surface area contributed by atoms with Crippen LogP contribution in [-0.2, 0) is 14.3 Å². The molecule has 6 N–H and O–H groups in total. The highest BCUT2D eigenvalue weighted by Gasteiger charge is 2.42. The van der Waals surface area contributed by atoms with Gasteiger partial charge in [0, 0.05) is 0 Å². The quantitative estimate of drug-likeness (QED) is 0.320. The van der Waals surface area contributed by atoms with E-state index in [2.05, 4.69) is 10.6 Å². The molecule has 0 aliphatic carbocycles. The molecule has 1 aliphatic heterocycles. The molecule has 1 rings (SSSR count). The van der Waals surface area contributed by atoms with E-state index in [1.54, 1.807) is 0 Å². The third-order valence-corrected chi connectivity index (χ3v) is 3.43. The van der Waals surface area contributed by atoms with Crippen molar-refractivity contribution in [3.63, 3.8) is 0 Å². The number of carbonyl (C=O) groups is 2. The number of hydrogen-bond donors (Lipinski definition) is 6. The van der Waals surface area contributed by atoms with E-state index in [4.69, 9.17) is 9.84 Å². The van der Waals surface area contributed by atoms with Crippen LogP contribution >= 0.6 is 0 Å². The molecule has 0 radical (unpaired) electrons. The van der Waals surface area contributed by atoms with E-state index in [0.29, 0.717) is 0 Å². The molecule has 7 atom stereocenters. The van der Waals surface area contributed by atoms with Crippen molar-refractivity contribution in [3.05, 3.63) is 0 Å². The van der Waals surface area contributed by atoms with E-state index in [9.17, 15) is 24.9 Å². The van der Waals surface area contributed by atoms with Gasteiger partial charge in [0.2, 0.25) is 11.8 Å². The third-order valence-electron chi connectivity index (χ3n) is 3.43. The van der Waals surface area contributed by atoms with Gasteiger partial charge in [-0.25, -0.2) is 0 Å². The number of ether oxygens (including phenoxy) is 1. The second-order valence-corrected chi connectivity index (χ2v) is 5.59. The first-order chi connectivity index (χ1) is 10.1. The molecule has 0 aromatic rings. The second kappa shape index (κ2) is 7.84. The second-order valence-electron chi connectivity index (χ2n) is 5.59. The summed E-state index contributed by atoms with van der Waals surface area (Å²) >= 11 is 0. The van der Waals surface area contributed by atoms with Gasteiger partial charge in [-0.05, 0) is 20.8 Å². The molecular formula is C13H24N2O7. The third kappa shape index (κ3) is 4.89. The summed E-state index contributed by atoms with van der Waals surface area (Å²) in [4.78, 5) is 23.5. The first-order valence-corrected chi connectivity index (χ1v) is 7.11. The zero-order chi connectivity index (χ0) is 17.0. The number of nitrogens with one attached hydrogen (secondary N) is 2. The van der Waals surface area contributed by atoms with E-state index in [1.807, 2.05) is 0 Å². The Morgan fingerprint density at radius 2 is 1.77 bits per heavy atom. The zero-order valence-corrected chi connectivity index (χ0v) is 12.8. The lowest BCUT2D eigenvalue weighted by molar-refractivity contribution is -0.253. The SMILES string of the molecule is C[C@H](NC(=O)C[C@@H](C)O)C(=O)N[C@H]1[C@H](O)[C@@H](O)C(O)O[C@@H]1C. The molecule has 0 aromatic heterocycles. The predicted molar refractivity (Wildman–Crippen MR) is 74.4 cm³/mol.